The first-order valence-electron chi connectivity index (χ1n) is 9.96. The zero-order valence-electron chi connectivity index (χ0n) is 17.9. The lowest BCUT2D eigenvalue weighted by atomic mass is 10.2. The molecule has 3 amide bonds. The summed E-state index contributed by atoms with van der Waals surface area (Å²) in [7, 11) is 1.49. The van der Waals surface area contributed by atoms with Gasteiger partial charge in [0.2, 0.25) is 5.91 Å². The number of amides is 3. The Morgan fingerprint density at radius 3 is 2.56 bits per heavy atom. The highest BCUT2D eigenvalue weighted by Crippen LogP contribution is 2.32. The van der Waals surface area contributed by atoms with Gasteiger partial charge in [-0.05, 0) is 67.1 Å². The molecule has 1 fully saturated rings. The Morgan fingerprint density at radius 2 is 1.94 bits per heavy atom. The number of hydrogen-bond acceptors (Lipinski definition) is 6. The fourth-order valence-corrected chi connectivity index (χ4v) is 3.93. The van der Waals surface area contributed by atoms with Crippen LogP contribution in [0.2, 0.25) is 5.02 Å². The van der Waals surface area contributed by atoms with Gasteiger partial charge in [0.05, 0.1) is 23.1 Å². The van der Waals surface area contributed by atoms with E-state index in [1.807, 2.05) is 38.1 Å². The van der Waals surface area contributed by atoms with Crippen molar-refractivity contribution < 1.29 is 23.9 Å². The summed E-state index contributed by atoms with van der Waals surface area (Å²) in [5, 5.41) is 2.46. The van der Waals surface area contributed by atoms with E-state index in [2.05, 4.69) is 5.32 Å². The number of halogens is 1. The monoisotopic (exact) mass is 474 g/mol. The molecule has 9 heteroatoms. The molecule has 0 spiro atoms. The Bertz CT molecular complexity index is 1050. The number of hydrogen-bond donors (Lipinski definition) is 1. The fourth-order valence-electron chi connectivity index (χ4n) is 2.83. The standard InChI is InChI=1S/C23H23ClN2O5S/c1-4-14(2)31-17-8-5-15(6-9-17)11-20-22(28)26(23(29)32-20)13-21(27)25-16-7-10-19(30-3)18(24)12-16/h5-12,14H,4,13H2,1-3H3,(H,25,27)/b20-11-/t14-/m1/s1. The van der Waals surface area contributed by atoms with Gasteiger partial charge in [0, 0.05) is 5.69 Å². The van der Waals surface area contributed by atoms with Crippen molar-refractivity contribution in [3.63, 3.8) is 0 Å². The molecule has 1 N–H and O–H groups in total. The molecular formula is C23H23ClN2O5S. The molecule has 3 rings (SSSR count). The summed E-state index contributed by atoms with van der Waals surface area (Å²) < 4.78 is 10.8. The molecule has 1 heterocycles. The predicted octanol–water partition coefficient (Wildman–Crippen LogP) is 5.20. The van der Waals surface area contributed by atoms with E-state index in [0.29, 0.717) is 16.5 Å². The number of nitrogens with zero attached hydrogens (tertiary/aromatic N) is 1. The second kappa shape index (κ2) is 10.6. The van der Waals surface area contributed by atoms with Gasteiger partial charge >= 0.3 is 0 Å². The number of imide groups is 1. The van der Waals surface area contributed by atoms with Gasteiger partial charge in [-0.25, -0.2) is 0 Å². The molecular weight excluding hydrogens is 452 g/mol. The lowest BCUT2D eigenvalue weighted by Crippen LogP contribution is -2.36. The minimum atomic E-state index is -0.513. The van der Waals surface area contributed by atoms with Gasteiger partial charge in [-0.3, -0.25) is 19.3 Å². The molecule has 32 heavy (non-hydrogen) atoms. The van der Waals surface area contributed by atoms with Gasteiger partial charge in [-0.15, -0.1) is 0 Å². The van der Waals surface area contributed by atoms with E-state index >= 15 is 0 Å². The number of ether oxygens (including phenoxy) is 2. The number of anilines is 1. The van der Waals surface area contributed by atoms with E-state index in [0.717, 1.165) is 34.4 Å². The van der Waals surface area contributed by atoms with Crippen molar-refractivity contribution in [3.05, 3.63) is 58.0 Å². The van der Waals surface area contributed by atoms with Crippen LogP contribution in [0, 0.1) is 0 Å². The Kier molecular flexibility index (Phi) is 7.82. The Labute approximate surface area is 195 Å². The Hall–Kier alpha value is -2.97. The summed E-state index contributed by atoms with van der Waals surface area (Å²) in [6.45, 7) is 3.64. The Morgan fingerprint density at radius 1 is 1.22 bits per heavy atom. The van der Waals surface area contributed by atoms with E-state index in [9.17, 15) is 14.4 Å². The zero-order valence-corrected chi connectivity index (χ0v) is 19.5. The van der Waals surface area contributed by atoms with Gasteiger partial charge in [-0.1, -0.05) is 30.7 Å². The minimum Gasteiger partial charge on any atom is -0.495 e. The second-order valence-corrected chi connectivity index (χ2v) is 8.47. The van der Waals surface area contributed by atoms with Crippen molar-refractivity contribution in [1.82, 2.24) is 4.90 Å². The fraction of sp³-hybridized carbons (Fsp3) is 0.261. The molecule has 0 aromatic heterocycles. The highest BCUT2D eigenvalue weighted by atomic mass is 35.5. The number of methoxy groups -OCH3 is 1. The van der Waals surface area contributed by atoms with Crippen LogP contribution in [-0.4, -0.2) is 41.7 Å². The van der Waals surface area contributed by atoms with E-state index in [-0.39, 0.29) is 11.0 Å². The van der Waals surface area contributed by atoms with Gasteiger partial charge < -0.3 is 14.8 Å². The molecule has 0 bridgehead atoms. The van der Waals surface area contributed by atoms with Crippen LogP contribution < -0.4 is 14.8 Å². The maximum absolute atomic E-state index is 12.7. The van der Waals surface area contributed by atoms with Crippen molar-refractivity contribution in [2.24, 2.45) is 0 Å². The molecule has 2 aromatic rings. The molecule has 0 unspecified atom stereocenters. The van der Waals surface area contributed by atoms with E-state index < -0.39 is 23.6 Å². The van der Waals surface area contributed by atoms with E-state index in [1.54, 1.807) is 18.2 Å². The van der Waals surface area contributed by atoms with Crippen molar-refractivity contribution in [3.8, 4) is 11.5 Å². The number of benzene rings is 2. The van der Waals surface area contributed by atoms with Gasteiger partial charge in [-0.2, -0.15) is 0 Å². The maximum atomic E-state index is 12.7. The first-order valence-corrected chi connectivity index (χ1v) is 11.2. The van der Waals surface area contributed by atoms with Crippen LogP contribution in [0.15, 0.2) is 47.4 Å². The minimum absolute atomic E-state index is 0.109. The summed E-state index contributed by atoms with van der Waals surface area (Å²) in [5.41, 5.74) is 1.19. The third-order valence-electron chi connectivity index (χ3n) is 4.70. The molecule has 1 aliphatic rings. The van der Waals surface area contributed by atoms with Gasteiger partial charge in [0.1, 0.15) is 18.0 Å². The normalized spacial score (nSPS) is 15.8. The molecule has 0 aliphatic carbocycles. The maximum Gasteiger partial charge on any atom is 0.294 e. The highest BCUT2D eigenvalue weighted by molar-refractivity contribution is 8.18. The highest BCUT2D eigenvalue weighted by Gasteiger charge is 2.36. The van der Waals surface area contributed by atoms with Crippen molar-refractivity contribution in [1.29, 1.82) is 0 Å². The average molecular weight is 475 g/mol. The smallest absolute Gasteiger partial charge is 0.294 e. The van der Waals surface area contributed by atoms with Gasteiger partial charge in [0.15, 0.2) is 0 Å². The summed E-state index contributed by atoms with van der Waals surface area (Å²) in [6, 6.07) is 12.0. The van der Waals surface area contributed by atoms with Crippen LogP contribution in [0.25, 0.3) is 6.08 Å². The second-order valence-electron chi connectivity index (χ2n) is 7.07. The number of carbonyl (C=O) groups is 3. The first-order chi connectivity index (χ1) is 15.3. The topological polar surface area (TPSA) is 84.9 Å². The summed E-state index contributed by atoms with van der Waals surface area (Å²) in [4.78, 5) is 38.5. The summed E-state index contributed by atoms with van der Waals surface area (Å²) >= 11 is 6.85. The van der Waals surface area contributed by atoms with Crippen LogP contribution in [0.3, 0.4) is 0 Å². The van der Waals surface area contributed by atoms with E-state index in [4.69, 9.17) is 21.1 Å². The molecule has 2 aromatic carbocycles. The predicted molar refractivity (Wildman–Crippen MR) is 126 cm³/mol. The number of nitrogens with one attached hydrogen (secondary N) is 1. The van der Waals surface area contributed by atoms with Gasteiger partial charge in [0.25, 0.3) is 11.1 Å². The molecule has 0 radical (unpaired) electrons. The SMILES string of the molecule is CC[C@@H](C)Oc1ccc(/C=C2\SC(=O)N(CC(=O)Nc3ccc(OC)c(Cl)c3)C2=O)cc1. The van der Waals surface area contributed by atoms with Crippen molar-refractivity contribution in [2.75, 3.05) is 19.0 Å². The van der Waals surface area contributed by atoms with Crippen LogP contribution in [0.1, 0.15) is 25.8 Å². The number of thioether (sulfide) groups is 1. The number of rotatable bonds is 8. The molecule has 7 nitrogen and oxygen atoms in total. The quantitative estimate of drug-likeness (QED) is 0.529. The Balaban J connectivity index is 1.64. The van der Waals surface area contributed by atoms with Crippen LogP contribution in [0.5, 0.6) is 11.5 Å². The van der Waals surface area contributed by atoms with Crippen molar-refractivity contribution >= 4 is 52.2 Å². The third-order valence-corrected chi connectivity index (χ3v) is 5.90. The molecule has 168 valence electrons. The summed E-state index contributed by atoms with van der Waals surface area (Å²) in [6.07, 6.45) is 2.63. The zero-order chi connectivity index (χ0) is 23.3. The lowest BCUT2D eigenvalue weighted by molar-refractivity contribution is -0.127. The van der Waals surface area contributed by atoms with Crippen LogP contribution in [0.4, 0.5) is 10.5 Å². The summed E-state index contributed by atoms with van der Waals surface area (Å²) in [5.74, 6) is 0.185. The molecule has 1 atom stereocenters. The van der Waals surface area contributed by atoms with Crippen molar-refractivity contribution in [2.45, 2.75) is 26.4 Å². The number of carbonyl (C=O) groups excluding carboxylic acids is 3. The third kappa shape index (κ3) is 5.83. The lowest BCUT2D eigenvalue weighted by Gasteiger charge is -2.13. The molecule has 1 aliphatic heterocycles. The average Bonchev–Trinajstić information content (AvgIpc) is 3.02. The largest absolute Gasteiger partial charge is 0.495 e. The van der Waals surface area contributed by atoms with E-state index in [1.165, 1.54) is 13.2 Å². The molecule has 1 saturated heterocycles. The molecule has 0 saturated carbocycles. The van der Waals surface area contributed by atoms with Crippen LogP contribution in [-0.2, 0) is 9.59 Å². The van der Waals surface area contributed by atoms with Crippen LogP contribution >= 0.6 is 23.4 Å². The first kappa shape index (κ1) is 23.7.